The van der Waals surface area contributed by atoms with Crippen LogP contribution in [-0.2, 0) is 11.0 Å². The van der Waals surface area contributed by atoms with Gasteiger partial charge in [-0.3, -0.25) is 4.79 Å². The lowest BCUT2D eigenvalue weighted by Gasteiger charge is -2.18. The average molecular weight is 430 g/mol. The first-order chi connectivity index (χ1) is 14.1. The lowest BCUT2D eigenvalue weighted by Crippen LogP contribution is -2.14. The Kier molecular flexibility index (Phi) is 8.88. The van der Waals surface area contributed by atoms with Gasteiger partial charge in [-0.25, -0.2) is 0 Å². The maximum Gasteiger partial charge on any atom is 0.416 e. The molecular weight excluding hydrogens is 401 g/mol. The molecule has 0 aromatic heterocycles. The van der Waals surface area contributed by atoms with Crippen LogP contribution in [0, 0.1) is 5.92 Å². The van der Waals surface area contributed by atoms with Gasteiger partial charge in [0.05, 0.1) is 23.9 Å². The summed E-state index contributed by atoms with van der Waals surface area (Å²) >= 11 is 0. The van der Waals surface area contributed by atoms with Gasteiger partial charge < -0.3 is 20.4 Å². The molecule has 0 heterocycles. The SMILES string of the molecule is O=C(O)CCCCCCC1/C(=C\CC(O)c2cccc(C(F)(F)F)c2)[C@H](O)C[C@@H]1O. The van der Waals surface area contributed by atoms with Gasteiger partial charge in [0.25, 0.3) is 0 Å². The molecule has 1 saturated carbocycles. The molecule has 0 bridgehead atoms. The number of aliphatic hydroxyl groups is 3. The summed E-state index contributed by atoms with van der Waals surface area (Å²) in [5.41, 5.74) is -0.0763. The van der Waals surface area contributed by atoms with Crippen molar-refractivity contribution in [2.24, 2.45) is 5.92 Å². The van der Waals surface area contributed by atoms with Crippen molar-refractivity contribution in [3.05, 3.63) is 47.0 Å². The minimum Gasteiger partial charge on any atom is -0.481 e. The highest BCUT2D eigenvalue weighted by atomic mass is 19.4. The van der Waals surface area contributed by atoms with Crippen LogP contribution >= 0.6 is 0 Å². The number of aliphatic carboxylic acids is 1. The number of carboxylic acids is 1. The zero-order valence-electron chi connectivity index (χ0n) is 16.7. The predicted molar refractivity (Wildman–Crippen MR) is 105 cm³/mol. The Labute approximate surface area is 173 Å². The fraction of sp³-hybridized carbons (Fsp3) is 0.591. The minimum absolute atomic E-state index is 0.0372. The maximum absolute atomic E-state index is 12.9. The van der Waals surface area contributed by atoms with Crippen LogP contribution in [0.15, 0.2) is 35.9 Å². The number of hydrogen-bond donors (Lipinski definition) is 4. The van der Waals surface area contributed by atoms with Crippen LogP contribution in [0.1, 0.15) is 68.6 Å². The van der Waals surface area contributed by atoms with Crippen molar-refractivity contribution in [1.82, 2.24) is 0 Å². The van der Waals surface area contributed by atoms with Crippen molar-refractivity contribution in [2.75, 3.05) is 0 Å². The third-order valence-corrected chi connectivity index (χ3v) is 5.57. The van der Waals surface area contributed by atoms with E-state index in [2.05, 4.69) is 0 Å². The summed E-state index contributed by atoms with van der Waals surface area (Å²) in [5.74, 6) is -1.10. The highest BCUT2D eigenvalue weighted by Crippen LogP contribution is 2.37. The number of rotatable bonds is 10. The Morgan fingerprint density at radius 2 is 1.87 bits per heavy atom. The summed E-state index contributed by atoms with van der Waals surface area (Å²) in [5, 5.41) is 39.5. The van der Waals surface area contributed by atoms with Crippen molar-refractivity contribution in [3.63, 3.8) is 0 Å². The third-order valence-electron chi connectivity index (χ3n) is 5.57. The molecule has 1 aliphatic rings. The number of aliphatic hydroxyl groups excluding tert-OH is 3. The second-order valence-corrected chi connectivity index (χ2v) is 7.85. The van der Waals surface area contributed by atoms with E-state index >= 15 is 0 Å². The standard InChI is InChI=1S/C22H29F3O5/c23-22(24,25)15-7-5-6-14(12-15)18(26)11-10-17-16(19(27)13-20(17)28)8-3-1-2-4-9-21(29)30/h5-7,10,12,16,18-20,26-28H,1-4,8-9,11,13H2,(H,29,30)/b17-10+/t16?,18?,19-,20+/m0/s1. The lowest BCUT2D eigenvalue weighted by atomic mass is 9.91. The van der Waals surface area contributed by atoms with Crippen LogP contribution in [0.2, 0.25) is 0 Å². The van der Waals surface area contributed by atoms with E-state index in [0.717, 1.165) is 31.4 Å². The van der Waals surface area contributed by atoms with E-state index in [1.54, 1.807) is 6.08 Å². The highest BCUT2D eigenvalue weighted by Gasteiger charge is 2.36. The summed E-state index contributed by atoms with van der Waals surface area (Å²) in [6.45, 7) is 0. The Hall–Kier alpha value is -1.90. The Bertz CT molecular complexity index is 732. The number of carbonyl (C=O) groups is 1. The number of hydrogen-bond acceptors (Lipinski definition) is 4. The number of carboxylic acid groups (broad SMARTS) is 1. The van der Waals surface area contributed by atoms with E-state index in [-0.39, 0.29) is 30.7 Å². The van der Waals surface area contributed by atoms with Crippen LogP contribution in [0.3, 0.4) is 0 Å². The molecule has 1 aromatic rings. The van der Waals surface area contributed by atoms with Crippen molar-refractivity contribution >= 4 is 5.97 Å². The Morgan fingerprint density at radius 1 is 1.17 bits per heavy atom. The molecule has 0 aliphatic heterocycles. The molecule has 5 nitrogen and oxygen atoms in total. The second-order valence-electron chi connectivity index (χ2n) is 7.85. The molecule has 1 aliphatic carbocycles. The summed E-state index contributed by atoms with van der Waals surface area (Å²) in [6, 6.07) is 4.53. The first kappa shape index (κ1) is 24.4. The fourth-order valence-electron chi connectivity index (χ4n) is 3.94. The van der Waals surface area contributed by atoms with Crippen LogP contribution in [-0.4, -0.2) is 38.6 Å². The second kappa shape index (κ2) is 10.9. The van der Waals surface area contributed by atoms with E-state index in [0.29, 0.717) is 18.4 Å². The van der Waals surface area contributed by atoms with Crippen molar-refractivity contribution in [1.29, 1.82) is 0 Å². The van der Waals surface area contributed by atoms with E-state index in [1.165, 1.54) is 12.1 Å². The molecule has 1 aromatic carbocycles. The van der Waals surface area contributed by atoms with E-state index in [4.69, 9.17) is 5.11 Å². The van der Waals surface area contributed by atoms with Crippen LogP contribution in [0.4, 0.5) is 13.2 Å². The molecule has 30 heavy (non-hydrogen) atoms. The van der Waals surface area contributed by atoms with E-state index in [1.807, 2.05) is 0 Å². The molecule has 0 amide bonds. The van der Waals surface area contributed by atoms with Gasteiger partial charge in [-0.2, -0.15) is 13.2 Å². The van der Waals surface area contributed by atoms with Gasteiger partial charge in [0.15, 0.2) is 0 Å². The largest absolute Gasteiger partial charge is 0.481 e. The van der Waals surface area contributed by atoms with Crippen molar-refractivity contribution < 1.29 is 38.4 Å². The molecule has 0 radical (unpaired) electrons. The van der Waals surface area contributed by atoms with E-state index < -0.39 is 36.0 Å². The van der Waals surface area contributed by atoms with Crippen molar-refractivity contribution in [2.45, 2.75) is 75.9 Å². The van der Waals surface area contributed by atoms with Gasteiger partial charge in [-0.05, 0) is 42.5 Å². The molecule has 0 saturated heterocycles. The van der Waals surface area contributed by atoms with Gasteiger partial charge >= 0.3 is 12.1 Å². The molecule has 1 fully saturated rings. The van der Waals surface area contributed by atoms with Crippen molar-refractivity contribution in [3.8, 4) is 0 Å². The van der Waals surface area contributed by atoms with Crippen LogP contribution in [0.25, 0.3) is 0 Å². The molecular formula is C22H29F3O5. The number of halogens is 3. The van der Waals surface area contributed by atoms with Crippen LogP contribution in [0.5, 0.6) is 0 Å². The van der Waals surface area contributed by atoms with Gasteiger partial charge in [0.1, 0.15) is 0 Å². The maximum atomic E-state index is 12.9. The normalized spacial score (nSPS) is 24.3. The minimum atomic E-state index is -4.49. The number of unbranched alkanes of at least 4 members (excludes halogenated alkanes) is 3. The smallest absolute Gasteiger partial charge is 0.416 e. The first-order valence-electron chi connectivity index (χ1n) is 10.2. The van der Waals surface area contributed by atoms with Crippen LogP contribution < -0.4 is 0 Å². The third kappa shape index (κ3) is 7.11. The molecule has 2 rings (SSSR count). The van der Waals surface area contributed by atoms with Gasteiger partial charge in [-0.15, -0.1) is 0 Å². The highest BCUT2D eigenvalue weighted by molar-refractivity contribution is 5.66. The first-order valence-corrected chi connectivity index (χ1v) is 10.2. The number of benzene rings is 1. The molecule has 168 valence electrons. The van der Waals surface area contributed by atoms with Gasteiger partial charge in [-0.1, -0.05) is 37.5 Å². The molecule has 4 N–H and O–H groups in total. The van der Waals surface area contributed by atoms with Gasteiger partial charge in [0.2, 0.25) is 0 Å². The summed E-state index contributed by atoms with van der Waals surface area (Å²) in [7, 11) is 0. The molecule has 2 unspecified atom stereocenters. The Morgan fingerprint density at radius 3 is 2.53 bits per heavy atom. The topological polar surface area (TPSA) is 98.0 Å². The average Bonchev–Trinajstić information content (AvgIpc) is 2.94. The quantitative estimate of drug-likeness (QED) is 0.329. The summed E-state index contributed by atoms with van der Waals surface area (Å²) in [6.07, 6.45) is -1.65. The molecule has 4 atom stereocenters. The zero-order valence-corrected chi connectivity index (χ0v) is 16.7. The molecule has 8 heteroatoms. The predicted octanol–water partition coefficient (Wildman–Crippen LogP) is 4.22. The monoisotopic (exact) mass is 430 g/mol. The molecule has 0 spiro atoms. The summed E-state index contributed by atoms with van der Waals surface area (Å²) < 4.78 is 38.6. The Balaban J connectivity index is 1.95. The van der Waals surface area contributed by atoms with E-state index in [9.17, 15) is 33.3 Å². The number of alkyl halides is 3. The summed E-state index contributed by atoms with van der Waals surface area (Å²) in [4.78, 5) is 10.5. The lowest BCUT2D eigenvalue weighted by molar-refractivity contribution is -0.138. The fourth-order valence-corrected chi connectivity index (χ4v) is 3.94. The van der Waals surface area contributed by atoms with Gasteiger partial charge in [0, 0.05) is 18.8 Å². The zero-order chi connectivity index (χ0) is 22.3.